The maximum atomic E-state index is 9.21. The molecule has 0 spiro atoms. The maximum Gasteiger partial charge on any atom is 0.115 e. The molecule has 0 amide bonds. The largest absolute Gasteiger partial charge is 0.508 e. The summed E-state index contributed by atoms with van der Waals surface area (Å²) < 4.78 is 0. The van der Waals surface area contributed by atoms with Gasteiger partial charge in [-0.05, 0) is 67.4 Å². The van der Waals surface area contributed by atoms with E-state index in [0.29, 0.717) is 0 Å². The minimum atomic E-state index is 0.280. The Kier molecular flexibility index (Phi) is 27.4. The van der Waals surface area contributed by atoms with Gasteiger partial charge in [0.1, 0.15) is 5.75 Å². The lowest BCUT2D eigenvalue weighted by atomic mass is 9.79. The zero-order valence-electron chi connectivity index (χ0n) is 25.8. The van der Waals surface area contributed by atoms with Crippen molar-refractivity contribution in [1.29, 1.82) is 0 Å². The molecule has 1 nitrogen and oxygen atoms in total. The van der Waals surface area contributed by atoms with Crippen LogP contribution in [0, 0.1) is 17.8 Å². The molecule has 0 bridgehead atoms. The van der Waals surface area contributed by atoms with Gasteiger partial charge in [0.25, 0.3) is 0 Å². The molecule has 2 fully saturated rings. The SMILES string of the molecule is C=C(/C(C)=C\C(C)=C/C)c1ccc(O)cc1.CC.CC.CC.CC1CC1.CCC1CCCC[C@@H]1C. The fourth-order valence-corrected chi connectivity index (χ4v) is 3.57. The minimum Gasteiger partial charge on any atom is -0.508 e. The van der Waals surface area contributed by atoms with E-state index in [1.54, 1.807) is 12.1 Å². The van der Waals surface area contributed by atoms with E-state index in [4.69, 9.17) is 0 Å². The van der Waals surface area contributed by atoms with Crippen LogP contribution in [0.4, 0.5) is 0 Å². The Morgan fingerprint density at radius 2 is 1.34 bits per heavy atom. The molecule has 2 aliphatic carbocycles. The summed E-state index contributed by atoms with van der Waals surface area (Å²) in [4.78, 5) is 0. The van der Waals surface area contributed by atoms with Crippen molar-refractivity contribution in [1.82, 2.24) is 0 Å². The molecule has 0 radical (unpaired) electrons. The molecule has 1 unspecified atom stereocenters. The quantitative estimate of drug-likeness (QED) is 0.419. The highest BCUT2D eigenvalue weighted by Gasteiger charge is 2.18. The molecule has 1 heteroatoms. The zero-order chi connectivity index (χ0) is 27.8. The Bertz CT molecular complexity index is 658. The van der Waals surface area contributed by atoms with Gasteiger partial charge in [-0.3, -0.25) is 0 Å². The number of hydrogen-bond acceptors (Lipinski definition) is 1. The van der Waals surface area contributed by atoms with Crippen molar-refractivity contribution in [2.75, 3.05) is 0 Å². The highest BCUT2D eigenvalue weighted by atomic mass is 16.3. The van der Waals surface area contributed by atoms with Crippen molar-refractivity contribution in [2.45, 2.75) is 128 Å². The number of phenols is 1. The molecule has 0 saturated heterocycles. The second-order valence-electron chi connectivity index (χ2n) is 9.00. The summed E-state index contributed by atoms with van der Waals surface area (Å²) in [5.41, 5.74) is 4.38. The maximum absolute atomic E-state index is 9.21. The van der Waals surface area contributed by atoms with Crippen LogP contribution in [0.15, 0.2) is 54.1 Å². The van der Waals surface area contributed by atoms with Crippen molar-refractivity contribution in [3.8, 4) is 5.75 Å². The predicted molar refractivity (Wildman–Crippen MR) is 164 cm³/mol. The Balaban J connectivity index is -0.000000451. The van der Waals surface area contributed by atoms with Crippen LogP contribution in [0.1, 0.15) is 134 Å². The van der Waals surface area contributed by atoms with Crippen LogP contribution in [0.25, 0.3) is 5.57 Å². The summed E-state index contributed by atoms with van der Waals surface area (Å²) in [6, 6.07) is 7.10. The Morgan fingerprint density at radius 3 is 1.69 bits per heavy atom. The summed E-state index contributed by atoms with van der Waals surface area (Å²) in [6.07, 6.45) is 14.5. The molecular formula is C34H62O. The van der Waals surface area contributed by atoms with Gasteiger partial charge in [0.2, 0.25) is 0 Å². The number of benzene rings is 1. The van der Waals surface area contributed by atoms with Gasteiger partial charge in [0.05, 0.1) is 0 Å². The normalized spacial score (nSPS) is 18.7. The van der Waals surface area contributed by atoms with E-state index in [0.717, 1.165) is 34.5 Å². The van der Waals surface area contributed by atoms with Gasteiger partial charge < -0.3 is 5.11 Å². The third-order valence-corrected chi connectivity index (χ3v) is 6.27. The van der Waals surface area contributed by atoms with E-state index < -0.39 is 0 Å². The van der Waals surface area contributed by atoms with Crippen LogP contribution in [0.3, 0.4) is 0 Å². The fraction of sp³-hybridized carbons (Fsp3) is 0.647. The average Bonchev–Trinajstić information content (AvgIpc) is 3.70. The van der Waals surface area contributed by atoms with Crippen molar-refractivity contribution in [3.05, 3.63) is 59.7 Å². The first kappa shape index (κ1) is 37.8. The monoisotopic (exact) mass is 486 g/mol. The molecule has 204 valence electrons. The van der Waals surface area contributed by atoms with Crippen LogP contribution in [-0.2, 0) is 0 Å². The number of rotatable bonds is 4. The van der Waals surface area contributed by atoms with Gasteiger partial charge in [0, 0.05) is 0 Å². The van der Waals surface area contributed by atoms with Crippen LogP contribution in [0.5, 0.6) is 5.75 Å². The lowest BCUT2D eigenvalue weighted by molar-refractivity contribution is 0.249. The molecule has 3 rings (SSSR count). The molecule has 0 aromatic heterocycles. The van der Waals surface area contributed by atoms with E-state index in [-0.39, 0.29) is 5.75 Å². The Labute approximate surface area is 221 Å². The van der Waals surface area contributed by atoms with Gasteiger partial charge in [0.15, 0.2) is 0 Å². The molecule has 1 N–H and O–H groups in total. The number of hydrogen-bond donors (Lipinski definition) is 1. The summed E-state index contributed by atoms with van der Waals surface area (Å²) in [6.45, 7) is 29.2. The van der Waals surface area contributed by atoms with E-state index in [1.165, 1.54) is 50.5 Å². The Hall–Kier alpha value is -1.76. The van der Waals surface area contributed by atoms with Crippen LogP contribution >= 0.6 is 0 Å². The topological polar surface area (TPSA) is 20.2 Å². The van der Waals surface area contributed by atoms with Crippen LogP contribution in [-0.4, -0.2) is 5.11 Å². The summed E-state index contributed by atoms with van der Waals surface area (Å²) in [7, 11) is 0. The first-order chi connectivity index (χ1) is 16.8. The zero-order valence-corrected chi connectivity index (χ0v) is 25.8. The second kappa shape index (κ2) is 25.3. The van der Waals surface area contributed by atoms with E-state index in [1.807, 2.05) is 67.5 Å². The minimum absolute atomic E-state index is 0.280. The number of phenolic OH excluding ortho intramolecular Hbond substituents is 1. The molecule has 0 aliphatic heterocycles. The van der Waals surface area contributed by atoms with Crippen molar-refractivity contribution >= 4 is 5.57 Å². The third kappa shape index (κ3) is 20.2. The van der Waals surface area contributed by atoms with Gasteiger partial charge in [-0.15, -0.1) is 0 Å². The molecule has 2 atom stereocenters. The summed E-state index contributed by atoms with van der Waals surface area (Å²) >= 11 is 0. The summed E-state index contributed by atoms with van der Waals surface area (Å²) in [5, 5.41) is 9.21. The second-order valence-corrected chi connectivity index (χ2v) is 9.00. The van der Waals surface area contributed by atoms with Crippen molar-refractivity contribution in [2.24, 2.45) is 17.8 Å². The first-order valence-corrected chi connectivity index (χ1v) is 14.6. The first-order valence-electron chi connectivity index (χ1n) is 14.6. The lowest BCUT2D eigenvalue weighted by Gasteiger charge is -2.27. The highest BCUT2D eigenvalue weighted by molar-refractivity contribution is 5.77. The molecule has 0 heterocycles. The van der Waals surface area contributed by atoms with Gasteiger partial charge in [-0.1, -0.05) is 144 Å². The van der Waals surface area contributed by atoms with E-state index in [2.05, 4.69) is 46.4 Å². The van der Waals surface area contributed by atoms with Crippen LogP contribution in [0.2, 0.25) is 0 Å². The average molecular weight is 487 g/mol. The van der Waals surface area contributed by atoms with Crippen molar-refractivity contribution < 1.29 is 5.11 Å². The predicted octanol–water partition coefficient (Wildman–Crippen LogP) is 12.0. The van der Waals surface area contributed by atoms with E-state index in [9.17, 15) is 5.11 Å². The third-order valence-electron chi connectivity index (χ3n) is 6.27. The van der Waals surface area contributed by atoms with E-state index >= 15 is 0 Å². The number of aromatic hydroxyl groups is 1. The highest BCUT2D eigenvalue weighted by Crippen LogP contribution is 2.31. The van der Waals surface area contributed by atoms with Crippen LogP contribution < -0.4 is 0 Å². The fourth-order valence-electron chi connectivity index (χ4n) is 3.57. The van der Waals surface area contributed by atoms with Gasteiger partial charge >= 0.3 is 0 Å². The van der Waals surface area contributed by atoms with Gasteiger partial charge in [-0.2, -0.15) is 0 Å². The molecule has 35 heavy (non-hydrogen) atoms. The molecule has 1 aromatic carbocycles. The van der Waals surface area contributed by atoms with Crippen molar-refractivity contribution in [3.63, 3.8) is 0 Å². The molecule has 2 saturated carbocycles. The smallest absolute Gasteiger partial charge is 0.115 e. The Morgan fingerprint density at radius 1 is 0.886 bits per heavy atom. The molecular weight excluding hydrogens is 424 g/mol. The number of allylic oxidation sites excluding steroid dienone is 5. The summed E-state index contributed by atoms with van der Waals surface area (Å²) in [5.74, 6) is 3.44. The van der Waals surface area contributed by atoms with Gasteiger partial charge in [-0.25, -0.2) is 0 Å². The molecule has 1 aromatic rings. The standard InChI is InChI=1S/C15H18O.C9H18.C4H8.3C2H6/c1-5-11(2)10-12(3)13(4)14-6-8-15(16)9-7-14;1-3-9-7-5-4-6-8(9)2;1-4-2-3-4;3*1-2/h5-10,16H,4H2,1-3H3;8-9H,3-7H2,1-2H3;4H,2-3H2,1H3;3*1-2H3/b11-5-,12-10-;;;;;/t;8-,9?;;;;/m.0..../s1. The lowest BCUT2D eigenvalue weighted by Crippen LogP contribution is -2.15. The molecule has 2 aliphatic rings.